The van der Waals surface area contributed by atoms with Gasteiger partial charge in [-0.05, 0) is 103 Å². The van der Waals surface area contributed by atoms with Crippen molar-refractivity contribution in [3.05, 3.63) is 47.8 Å². The Bertz CT molecular complexity index is 918. The summed E-state index contributed by atoms with van der Waals surface area (Å²) in [7, 11) is 0. The van der Waals surface area contributed by atoms with Crippen LogP contribution < -0.4 is 0 Å². The van der Waals surface area contributed by atoms with E-state index in [1.54, 1.807) is 5.57 Å². The van der Waals surface area contributed by atoms with Gasteiger partial charge in [-0.3, -0.25) is 9.78 Å². The molecular formula is C28H37NO2. The summed E-state index contributed by atoms with van der Waals surface area (Å²) in [4.78, 5) is 15.7. The molecule has 166 valence electrons. The van der Waals surface area contributed by atoms with Crippen LogP contribution in [0.3, 0.4) is 0 Å². The number of carbonyl (C=O) groups is 1. The second-order valence-corrected chi connectivity index (χ2v) is 11.2. The first-order chi connectivity index (χ1) is 14.9. The summed E-state index contributed by atoms with van der Waals surface area (Å²) in [6.45, 7) is 7.40. The fourth-order valence-corrected chi connectivity index (χ4v) is 8.25. The Balaban J connectivity index is 1.48. The zero-order chi connectivity index (χ0) is 21.8. The smallest absolute Gasteiger partial charge is 0.303 e. The maximum atomic E-state index is 11.3. The fraction of sp³-hybridized carbons (Fsp3) is 0.643. The average molecular weight is 420 g/mol. The summed E-state index contributed by atoms with van der Waals surface area (Å²) in [5.41, 5.74) is 4.96. The number of carboxylic acids is 1. The van der Waals surface area contributed by atoms with E-state index in [0.717, 1.165) is 24.7 Å². The number of carboxylic acid groups (broad SMARTS) is 1. The van der Waals surface area contributed by atoms with Crippen LogP contribution in [0.25, 0.3) is 5.57 Å². The van der Waals surface area contributed by atoms with Gasteiger partial charge in [0.05, 0.1) is 0 Å². The molecule has 1 aromatic rings. The van der Waals surface area contributed by atoms with E-state index in [1.165, 1.54) is 43.2 Å². The number of rotatable bonds is 4. The molecule has 4 aliphatic carbocycles. The van der Waals surface area contributed by atoms with Crippen LogP contribution in [0.5, 0.6) is 0 Å². The predicted molar refractivity (Wildman–Crippen MR) is 124 cm³/mol. The number of allylic oxidation sites excluding steroid dienone is 4. The predicted octanol–water partition coefficient (Wildman–Crippen LogP) is 6.76. The number of pyridine rings is 1. The first kappa shape index (κ1) is 21.0. The molecule has 0 unspecified atom stereocenters. The lowest BCUT2D eigenvalue weighted by Crippen LogP contribution is -2.52. The Morgan fingerprint density at radius 2 is 2.00 bits per heavy atom. The second-order valence-electron chi connectivity index (χ2n) is 11.2. The topological polar surface area (TPSA) is 50.2 Å². The van der Waals surface area contributed by atoms with Gasteiger partial charge in [-0.1, -0.05) is 44.6 Å². The van der Waals surface area contributed by atoms with Gasteiger partial charge in [0.25, 0.3) is 0 Å². The van der Waals surface area contributed by atoms with Crippen LogP contribution in [0.2, 0.25) is 0 Å². The maximum absolute atomic E-state index is 11.3. The van der Waals surface area contributed by atoms with Crippen LogP contribution >= 0.6 is 0 Å². The highest BCUT2D eigenvalue weighted by atomic mass is 16.4. The van der Waals surface area contributed by atoms with Crippen LogP contribution in [0.4, 0.5) is 0 Å². The fourth-order valence-electron chi connectivity index (χ4n) is 8.25. The summed E-state index contributed by atoms with van der Waals surface area (Å²) in [5.74, 6) is 2.50. The van der Waals surface area contributed by atoms with Gasteiger partial charge in [0.15, 0.2) is 0 Å². The van der Waals surface area contributed by atoms with Crippen LogP contribution in [0, 0.1) is 40.4 Å². The zero-order valence-electron chi connectivity index (χ0n) is 19.3. The Labute approximate surface area is 187 Å². The highest BCUT2D eigenvalue weighted by molar-refractivity contribution is 5.72. The standard InChI is InChI=1S/C28H37NO2/c1-4-19-16-21-14-18(15-25(30)31)9-11-27(21,2)24-10-12-28(3)22(7-8-23(28)26(19)24)20-6-5-13-29-17-20/h5-7,13,16-19,23-24,26H,4,8-12,14-15H2,1-3H3,(H,30,31)/t18-,19+,23-,24-,26-,27-,28+/m0/s1. The highest BCUT2D eigenvalue weighted by Crippen LogP contribution is 2.68. The second kappa shape index (κ2) is 7.60. The quantitative estimate of drug-likeness (QED) is 0.548. The maximum Gasteiger partial charge on any atom is 0.303 e. The molecule has 0 amide bonds. The molecule has 3 heteroatoms. The molecule has 5 rings (SSSR count). The molecule has 0 saturated heterocycles. The summed E-state index contributed by atoms with van der Waals surface area (Å²) in [6.07, 6.45) is 17.6. The van der Waals surface area contributed by atoms with E-state index < -0.39 is 5.97 Å². The van der Waals surface area contributed by atoms with Crippen molar-refractivity contribution in [1.82, 2.24) is 4.98 Å². The molecule has 1 N–H and O–H groups in total. The lowest BCUT2D eigenvalue weighted by Gasteiger charge is -2.60. The van der Waals surface area contributed by atoms with Gasteiger partial charge >= 0.3 is 5.97 Å². The van der Waals surface area contributed by atoms with Crippen molar-refractivity contribution in [3.63, 3.8) is 0 Å². The van der Waals surface area contributed by atoms with Crippen molar-refractivity contribution < 1.29 is 9.90 Å². The summed E-state index contributed by atoms with van der Waals surface area (Å²) < 4.78 is 0. The first-order valence-electron chi connectivity index (χ1n) is 12.4. The number of aromatic nitrogens is 1. The lowest BCUT2D eigenvalue weighted by atomic mass is 9.44. The van der Waals surface area contributed by atoms with E-state index in [4.69, 9.17) is 0 Å². The van der Waals surface area contributed by atoms with Gasteiger partial charge < -0.3 is 5.11 Å². The summed E-state index contributed by atoms with van der Waals surface area (Å²) >= 11 is 0. The van der Waals surface area contributed by atoms with Gasteiger partial charge in [-0.2, -0.15) is 0 Å². The molecule has 1 heterocycles. The molecule has 0 bridgehead atoms. The Morgan fingerprint density at radius 3 is 2.71 bits per heavy atom. The van der Waals surface area contributed by atoms with Gasteiger partial charge in [-0.15, -0.1) is 0 Å². The van der Waals surface area contributed by atoms with Gasteiger partial charge in [0.2, 0.25) is 0 Å². The highest BCUT2D eigenvalue weighted by Gasteiger charge is 2.58. The number of hydrogen-bond donors (Lipinski definition) is 1. The SMILES string of the molecule is CC[C@@H]1C=C2C[C@@H](CC(=O)O)CC[C@]2(C)[C@H]2CC[C@]3(C)C(c4cccnc4)=CC[C@H]3[C@H]12. The molecule has 4 aliphatic rings. The average Bonchev–Trinajstić information content (AvgIpc) is 3.11. The van der Waals surface area contributed by atoms with Gasteiger partial charge in [-0.25, -0.2) is 0 Å². The molecular weight excluding hydrogens is 382 g/mol. The third kappa shape index (κ3) is 3.22. The number of fused-ring (bicyclic) bond motifs is 5. The third-order valence-corrected chi connectivity index (χ3v) is 9.86. The van der Waals surface area contributed by atoms with Crippen molar-refractivity contribution in [1.29, 1.82) is 0 Å². The van der Waals surface area contributed by atoms with Crippen molar-refractivity contribution in [2.45, 2.75) is 72.1 Å². The molecule has 0 spiro atoms. The molecule has 0 radical (unpaired) electrons. The normalized spacial score (nSPS) is 41.5. The Hall–Kier alpha value is -1.90. The number of nitrogens with zero attached hydrogens (tertiary/aromatic N) is 1. The molecule has 0 aliphatic heterocycles. The molecule has 0 aromatic carbocycles. The van der Waals surface area contributed by atoms with Crippen LogP contribution in [0.15, 0.2) is 42.3 Å². The van der Waals surface area contributed by atoms with Crippen molar-refractivity contribution in [2.75, 3.05) is 0 Å². The Morgan fingerprint density at radius 1 is 1.19 bits per heavy atom. The van der Waals surface area contributed by atoms with Crippen LogP contribution in [0.1, 0.15) is 77.7 Å². The van der Waals surface area contributed by atoms with E-state index in [9.17, 15) is 9.90 Å². The summed E-state index contributed by atoms with van der Waals surface area (Å²) in [5, 5.41) is 9.33. The van der Waals surface area contributed by atoms with E-state index in [1.807, 2.05) is 12.4 Å². The third-order valence-electron chi connectivity index (χ3n) is 9.86. The Kier molecular flexibility index (Phi) is 5.14. The molecule has 7 atom stereocenters. The van der Waals surface area contributed by atoms with E-state index in [2.05, 4.69) is 50.0 Å². The van der Waals surface area contributed by atoms with Crippen LogP contribution in [-0.4, -0.2) is 16.1 Å². The molecule has 3 nitrogen and oxygen atoms in total. The molecule has 31 heavy (non-hydrogen) atoms. The van der Waals surface area contributed by atoms with Crippen molar-refractivity contribution in [3.8, 4) is 0 Å². The lowest BCUT2D eigenvalue weighted by molar-refractivity contribution is -0.138. The van der Waals surface area contributed by atoms with E-state index >= 15 is 0 Å². The molecule has 1 aromatic heterocycles. The van der Waals surface area contributed by atoms with Gasteiger partial charge in [0, 0.05) is 18.8 Å². The van der Waals surface area contributed by atoms with Crippen molar-refractivity contribution in [2.24, 2.45) is 40.4 Å². The van der Waals surface area contributed by atoms with Crippen molar-refractivity contribution >= 4 is 11.5 Å². The van der Waals surface area contributed by atoms with Gasteiger partial charge in [0.1, 0.15) is 0 Å². The van der Waals surface area contributed by atoms with E-state index in [-0.39, 0.29) is 10.8 Å². The number of aliphatic carboxylic acids is 1. The number of hydrogen-bond acceptors (Lipinski definition) is 2. The van der Waals surface area contributed by atoms with E-state index in [0.29, 0.717) is 24.2 Å². The first-order valence-corrected chi connectivity index (χ1v) is 12.4. The minimum absolute atomic E-state index is 0.250. The van der Waals surface area contributed by atoms with Crippen LogP contribution in [-0.2, 0) is 4.79 Å². The molecule has 2 saturated carbocycles. The minimum Gasteiger partial charge on any atom is -0.481 e. The largest absolute Gasteiger partial charge is 0.481 e. The zero-order valence-corrected chi connectivity index (χ0v) is 19.3. The monoisotopic (exact) mass is 419 g/mol. The minimum atomic E-state index is -0.636. The molecule has 2 fully saturated rings. The summed E-state index contributed by atoms with van der Waals surface area (Å²) in [6, 6.07) is 4.30.